The molecule has 8 nitrogen and oxygen atoms in total. The molecule has 148 valence electrons. The Morgan fingerprint density at radius 3 is 2.46 bits per heavy atom. The Morgan fingerprint density at radius 1 is 1.04 bits per heavy atom. The van der Waals surface area contributed by atoms with Crippen LogP contribution in [0.5, 0.6) is 17.2 Å². The zero-order chi connectivity index (χ0) is 20.5. The first-order chi connectivity index (χ1) is 13.5. The van der Waals surface area contributed by atoms with Gasteiger partial charge in [-0.05, 0) is 34.1 Å². The van der Waals surface area contributed by atoms with Crippen LogP contribution in [0.3, 0.4) is 0 Å². The van der Waals surface area contributed by atoms with Gasteiger partial charge in [0.25, 0.3) is 0 Å². The number of anilines is 1. The summed E-state index contributed by atoms with van der Waals surface area (Å²) in [7, 11) is 4.59. The minimum absolute atomic E-state index is 0.377. The van der Waals surface area contributed by atoms with Crippen LogP contribution in [-0.2, 0) is 9.59 Å². The molecule has 0 aromatic heterocycles. The first kappa shape index (κ1) is 21.2. The molecule has 28 heavy (non-hydrogen) atoms. The number of carbonyl (C=O) groups excluding carboxylic acids is 2. The van der Waals surface area contributed by atoms with Crippen LogP contribution >= 0.6 is 15.9 Å². The number of carbonyl (C=O) groups is 2. The Morgan fingerprint density at radius 2 is 1.79 bits per heavy atom. The fourth-order valence-corrected chi connectivity index (χ4v) is 2.77. The summed E-state index contributed by atoms with van der Waals surface area (Å²) < 4.78 is 16.3. The van der Waals surface area contributed by atoms with Crippen molar-refractivity contribution >= 4 is 39.6 Å². The molecule has 2 N–H and O–H groups in total. The Kier molecular flexibility index (Phi) is 7.82. The standard InChI is InChI=1S/C19H20BrN3O5/c1-26-14-6-4-5-13(8-14)22-18(24)10-19(25)23-21-11-12-7-15(20)17(28-3)9-16(12)27-2/h4-9,11H,10H2,1-3H3,(H,22,24)(H,23,25). The van der Waals surface area contributed by atoms with Gasteiger partial charge in [0.1, 0.15) is 23.7 Å². The van der Waals surface area contributed by atoms with E-state index in [9.17, 15) is 9.59 Å². The highest BCUT2D eigenvalue weighted by atomic mass is 79.9. The van der Waals surface area contributed by atoms with Gasteiger partial charge in [0.2, 0.25) is 11.8 Å². The van der Waals surface area contributed by atoms with E-state index in [1.807, 2.05) is 0 Å². The van der Waals surface area contributed by atoms with E-state index in [2.05, 4.69) is 31.8 Å². The zero-order valence-corrected chi connectivity index (χ0v) is 17.2. The van der Waals surface area contributed by atoms with Gasteiger partial charge in [-0.15, -0.1) is 0 Å². The van der Waals surface area contributed by atoms with Crippen LogP contribution in [0.25, 0.3) is 0 Å². The van der Waals surface area contributed by atoms with E-state index >= 15 is 0 Å². The predicted molar refractivity (Wildman–Crippen MR) is 109 cm³/mol. The highest BCUT2D eigenvalue weighted by molar-refractivity contribution is 9.10. The maximum Gasteiger partial charge on any atom is 0.249 e. The Balaban J connectivity index is 1.93. The van der Waals surface area contributed by atoms with Crippen LogP contribution in [0.1, 0.15) is 12.0 Å². The van der Waals surface area contributed by atoms with Gasteiger partial charge in [-0.2, -0.15) is 5.10 Å². The van der Waals surface area contributed by atoms with Crippen molar-refractivity contribution < 1.29 is 23.8 Å². The summed E-state index contributed by atoms with van der Waals surface area (Å²) >= 11 is 3.37. The van der Waals surface area contributed by atoms with Gasteiger partial charge in [0.15, 0.2) is 0 Å². The lowest BCUT2D eigenvalue weighted by atomic mass is 10.2. The molecular formula is C19H20BrN3O5. The molecule has 2 aromatic rings. The van der Waals surface area contributed by atoms with Crippen LogP contribution in [0.4, 0.5) is 5.69 Å². The molecule has 2 aromatic carbocycles. The number of ether oxygens (including phenoxy) is 3. The summed E-state index contributed by atoms with van der Waals surface area (Å²) in [4.78, 5) is 23.9. The molecule has 0 aliphatic rings. The van der Waals surface area contributed by atoms with E-state index < -0.39 is 11.8 Å². The van der Waals surface area contributed by atoms with Gasteiger partial charge in [-0.25, -0.2) is 5.43 Å². The summed E-state index contributed by atoms with van der Waals surface area (Å²) in [5, 5.41) is 6.49. The average molecular weight is 450 g/mol. The molecule has 0 unspecified atom stereocenters. The quantitative estimate of drug-likeness (QED) is 0.366. The maximum atomic E-state index is 12.0. The molecule has 0 bridgehead atoms. The molecule has 2 amide bonds. The number of nitrogens with zero attached hydrogens (tertiary/aromatic N) is 1. The predicted octanol–water partition coefficient (Wildman–Crippen LogP) is 2.95. The van der Waals surface area contributed by atoms with Crippen molar-refractivity contribution in [2.24, 2.45) is 5.10 Å². The van der Waals surface area contributed by atoms with E-state index in [-0.39, 0.29) is 6.42 Å². The van der Waals surface area contributed by atoms with Crippen molar-refractivity contribution in [1.82, 2.24) is 5.43 Å². The van der Waals surface area contributed by atoms with Crippen molar-refractivity contribution in [3.63, 3.8) is 0 Å². The molecule has 0 atom stereocenters. The number of hydrazone groups is 1. The largest absolute Gasteiger partial charge is 0.497 e. The van der Waals surface area contributed by atoms with Crippen LogP contribution in [-0.4, -0.2) is 39.4 Å². The minimum Gasteiger partial charge on any atom is -0.497 e. The fourth-order valence-electron chi connectivity index (χ4n) is 2.25. The normalized spacial score (nSPS) is 10.4. The minimum atomic E-state index is -0.553. The Bertz CT molecular complexity index is 886. The zero-order valence-electron chi connectivity index (χ0n) is 15.6. The third-order valence-electron chi connectivity index (χ3n) is 3.57. The number of methoxy groups -OCH3 is 3. The lowest BCUT2D eigenvalue weighted by Gasteiger charge is -2.09. The first-order valence-corrected chi connectivity index (χ1v) is 8.93. The van der Waals surface area contributed by atoms with Gasteiger partial charge in [-0.3, -0.25) is 9.59 Å². The molecule has 0 spiro atoms. The van der Waals surface area contributed by atoms with Gasteiger partial charge < -0.3 is 19.5 Å². The van der Waals surface area contributed by atoms with Crippen molar-refractivity contribution in [3.8, 4) is 17.2 Å². The summed E-state index contributed by atoms with van der Waals surface area (Å²) in [5.41, 5.74) is 3.47. The van der Waals surface area contributed by atoms with Gasteiger partial charge in [0, 0.05) is 23.4 Å². The Labute approximate surface area is 171 Å². The van der Waals surface area contributed by atoms with E-state index in [0.717, 1.165) is 0 Å². The number of hydrogen-bond acceptors (Lipinski definition) is 6. The first-order valence-electron chi connectivity index (χ1n) is 8.14. The summed E-state index contributed by atoms with van der Waals surface area (Å²) in [6.07, 6.45) is 1.04. The molecule has 0 saturated carbocycles. The van der Waals surface area contributed by atoms with Crippen LogP contribution in [0.15, 0.2) is 46.0 Å². The van der Waals surface area contributed by atoms with Gasteiger partial charge in [-0.1, -0.05) is 6.07 Å². The third kappa shape index (κ3) is 5.98. The molecule has 2 rings (SSSR count). The number of halogens is 1. The van der Waals surface area contributed by atoms with Crippen LogP contribution in [0, 0.1) is 0 Å². The lowest BCUT2D eigenvalue weighted by molar-refractivity contribution is -0.126. The smallest absolute Gasteiger partial charge is 0.249 e. The molecule has 9 heteroatoms. The van der Waals surface area contributed by atoms with E-state index in [1.54, 1.807) is 43.5 Å². The number of nitrogens with one attached hydrogen (secondary N) is 2. The van der Waals surface area contributed by atoms with Crippen molar-refractivity contribution in [2.45, 2.75) is 6.42 Å². The second-order valence-electron chi connectivity index (χ2n) is 5.48. The molecular weight excluding hydrogens is 430 g/mol. The van der Waals surface area contributed by atoms with E-state index in [0.29, 0.717) is 33.0 Å². The van der Waals surface area contributed by atoms with Gasteiger partial charge >= 0.3 is 0 Å². The number of rotatable bonds is 8. The number of amides is 2. The van der Waals surface area contributed by atoms with Crippen LogP contribution < -0.4 is 25.0 Å². The molecule has 0 aliphatic carbocycles. The second kappa shape index (κ2) is 10.3. The summed E-state index contributed by atoms with van der Waals surface area (Å²) in [6.45, 7) is 0. The van der Waals surface area contributed by atoms with E-state index in [4.69, 9.17) is 14.2 Å². The highest BCUT2D eigenvalue weighted by Gasteiger charge is 2.11. The molecule has 0 saturated heterocycles. The fraction of sp³-hybridized carbons (Fsp3) is 0.211. The molecule has 0 aliphatic heterocycles. The van der Waals surface area contributed by atoms with Gasteiger partial charge in [0.05, 0.1) is 32.0 Å². The molecule has 0 radical (unpaired) electrons. The second-order valence-corrected chi connectivity index (χ2v) is 6.33. The topological polar surface area (TPSA) is 98.2 Å². The van der Waals surface area contributed by atoms with Crippen molar-refractivity contribution in [3.05, 3.63) is 46.4 Å². The highest BCUT2D eigenvalue weighted by Crippen LogP contribution is 2.31. The number of benzene rings is 2. The Hall–Kier alpha value is -3.07. The van der Waals surface area contributed by atoms with Crippen molar-refractivity contribution in [2.75, 3.05) is 26.6 Å². The van der Waals surface area contributed by atoms with E-state index in [1.165, 1.54) is 20.4 Å². The lowest BCUT2D eigenvalue weighted by Crippen LogP contribution is -2.24. The maximum absolute atomic E-state index is 12.0. The third-order valence-corrected chi connectivity index (χ3v) is 4.19. The molecule has 0 fully saturated rings. The number of hydrogen-bond donors (Lipinski definition) is 2. The monoisotopic (exact) mass is 449 g/mol. The average Bonchev–Trinajstić information content (AvgIpc) is 2.68. The molecule has 0 heterocycles. The SMILES string of the molecule is COc1cccc(NC(=O)CC(=O)NN=Cc2cc(Br)c(OC)cc2OC)c1. The summed E-state index contributed by atoms with van der Waals surface area (Å²) in [5.74, 6) is 0.710. The van der Waals surface area contributed by atoms with Crippen LogP contribution in [0.2, 0.25) is 0 Å². The summed E-state index contributed by atoms with van der Waals surface area (Å²) in [6, 6.07) is 10.3. The van der Waals surface area contributed by atoms with Crippen molar-refractivity contribution in [1.29, 1.82) is 0 Å².